The number of amides is 1. The standard InChI is InChI=1S/C44H48ClNO13/c1-20-13-12-14-21(2)42(53)46-29-19-30(48)32-33(37(29)51)39(58-43(54)27-15-10-11-16-28(27)45)25(6)40-34(32)41(52)44(8,59-40)56-18-17-31(55-9)22(3)38(57-26(7)47)24(5)36(50)23(4)35(20)49/h10-20,22-24,31,35-36,38,49-50H,1-9H3,(H,46,53)/b13-12-,18-17-,21-14-/t20-,22+,23+,24-,31-,35-,36-,38+,44-/m0/s1. The van der Waals surface area contributed by atoms with E-state index in [1.165, 1.54) is 65.2 Å². The Labute approximate surface area is 346 Å². The molecule has 0 saturated heterocycles. The third kappa shape index (κ3) is 8.81. The maximum Gasteiger partial charge on any atom is 0.345 e. The number of carbonyl (C=O) groups is 6. The highest BCUT2D eigenvalue weighted by molar-refractivity contribution is 6.34. The van der Waals surface area contributed by atoms with E-state index in [2.05, 4.69) is 5.32 Å². The number of rotatable bonds is 4. The average Bonchev–Trinajstić information content (AvgIpc) is 3.46. The summed E-state index contributed by atoms with van der Waals surface area (Å²) in [6.07, 6.45) is 4.08. The van der Waals surface area contributed by atoms with Crippen molar-refractivity contribution in [1.82, 2.24) is 5.32 Å². The second-order valence-corrected chi connectivity index (χ2v) is 15.6. The van der Waals surface area contributed by atoms with Crippen molar-refractivity contribution in [3.8, 4) is 11.5 Å². The number of ether oxygens (including phenoxy) is 5. The summed E-state index contributed by atoms with van der Waals surface area (Å²) in [6, 6.07) is 6.01. The average molecular weight is 834 g/mol. The third-order valence-corrected chi connectivity index (χ3v) is 11.4. The molecular formula is C44H48ClNO13. The SMILES string of the molecule is CO[C@H]1/C=C\O[C@@]2(C)Oc3c(C)c(OC(=O)c4ccccc4Cl)c4c(c3C2=O)C(=O)C=C(NC(=O)/C(C)=C\C=C/[C@H](C)[C@H](O)[C@@H](C)[C@H](O)[C@H](C)[C@H](OC(C)=O)[C@@H]1C)C4=O. The van der Waals surface area contributed by atoms with Gasteiger partial charge in [0.15, 0.2) is 5.78 Å². The number of Topliss-reactive ketones (excluding diaryl/α,β-unsaturated/α-hetero) is 2. The number of esters is 2. The monoisotopic (exact) mass is 833 g/mol. The van der Waals surface area contributed by atoms with Gasteiger partial charge in [-0.05, 0) is 32.1 Å². The number of carbonyl (C=O) groups excluding carboxylic acids is 6. The third-order valence-electron chi connectivity index (χ3n) is 11.1. The van der Waals surface area contributed by atoms with Gasteiger partial charge in [-0.1, -0.05) is 69.7 Å². The van der Waals surface area contributed by atoms with E-state index in [1.54, 1.807) is 45.9 Å². The quantitative estimate of drug-likeness (QED) is 0.247. The number of ketones is 3. The molecule has 0 spiro atoms. The van der Waals surface area contributed by atoms with Crippen molar-refractivity contribution in [2.75, 3.05) is 7.11 Å². The van der Waals surface area contributed by atoms with Gasteiger partial charge in [0, 0.05) is 61.8 Å². The molecule has 2 aromatic rings. The van der Waals surface area contributed by atoms with Crippen LogP contribution in [0.25, 0.3) is 0 Å². The van der Waals surface area contributed by atoms with Crippen molar-refractivity contribution < 1.29 is 62.7 Å². The second kappa shape index (κ2) is 17.8. The Kier molecular flexibility index (Phi) is 13.5. The fraction of sp³-hybridized carbons (Fsp3) is 0.409. The topological polar surface area (TPSA) is 201 Å². The van der Waals surface area contributed by atoms with Crippen molar-refractivity contribution in [1.29, 1.82) is 0 Å². The summed E-state index contributed by atoms with van der Waals surface area (Å²) in [4.78, 5) is 82.0. The first-order chi connectivity index (χ1) is 27.7. The Balaban J connectivity index is 1.66. The maximum absolute atomic E-state index is 14.3. The van der Waals surface area contributed by atoms with Crippen molar-refractivity contribution in [2.24, 2.45) is 23.7 Å². The fourth-order valence-electron chi connectivity index (χ4n) is 7.51. The van der Waals surface area contributed by atoms with E-state index in [4.69, 9.17) is 35.3 Å². The predicted octanol–water partition coefficient (Wildman–Crippen LogP) is 5.80. The molecule has 0 radical (unpaired) electrons. The van der Waals surface area contributed by atoms with Crippen LogP contribution < -0.4 is 14.8 Å². The molecule has 59 heavy (non-hydrogen) atoms. The van der Waals surface area contributed by atoms with E-state index >= 15 is 0 Å². The fourth-order valence-corrected chi connectivity index (χ4v) is 7.72. The van der Waals surface area contributed by atoms with Gasteiger partial charge in [-0.25, -0.2) is 4.79 Å². The summed E-state index contributed by atoms with van der Waals surface area (Å²) in [5, 5.41) is 25.3. The summed E-state index contributed by atoms with van der Waals surface area (Å²) >= 11 is 6.29. The van der Waals surface area contributed by atoms with Crippen LogP contribution in [0.2, 0.25) is 5.02 Å². The highest BCUT2D eigenvalue weighted by atomic mass is 35.5. The van der Waals surface area contributed by atoms with Gasteiger partial charge in [-0.15, -0.1) is 0 Å². The van der Waals surface area contributed by atoms with E-state index in [1.807, 2.05) is 0 Å². The van der Waals surface area contributed by atoms with Crippen molar-refractivity contribution in [3.63, 3.8) is 0 Å². The molecule has 314 valence electrons. The first-order valence-electron chi connectivity index (χ1n) is 19.0. The van der Waals surface area contributed by atoms with Crippen molar-refractivity contribution >= 4 is 46.8 Å². The van der Waals surface area contributed by atoms with Crippen LogP contribution in [0.5, 0.6) is 11.5 Å². The number of allylic oxidation sites excluding steroid dienone is 4. The molecule has 14 nitrogen and oxygen atoms in total. The molecule has 3 N–H and O–H groups in total. The lowest BCUT2D eigenvalue weighted by atomic mass is 9.78. The Morgan fingerprint density at radius 1 is 0.915 bits per heavy atom. The van der Waals surface area contributed by atoms with Crippen LogP contribution in [-0.2, 0) is 23.8 Å². The smallest absolute Gasteiger partial charge is 0.345 e. The molecule has 3 aliphatic heterocycles. The Bertz CT molecular complexity index is 2200. The van der Waals surface area contributed by atoms with Crippen molar-refractivity contribution in [3.05, 3.63) is 105 Å². The zero-order valence-corrected chi connectivity index (χ0v) is 34.9. The number of aliphatic hydroxyl groups is 2. The molecular weight excluding hydrogens is 786 g/mol. The minimum Gasteiger partial charge on any atom is -0.462 e. The number of nitrogens with one attached hydrogen (secondary N) is 1. The molecule has 4 aliphatic rings. The van der Waals surface area contributed by atoms with Crippen LogP contribution in [0.1, 0.15) is 95.5 Å². The summed E-state index contributed by atoms with van der Waals surface area (Å²) in [7, 11) is 1.41. The van der Waals surface area contributed by atoms with Crippen LogP contribution >= 0.6 is 11.6 Å². The van der Waals surface area contributed by atoms with Crippen LogP contribution in [0.3, 0.4) is 0 Å². The minimum absolute atomic E-state index is 0.00466. The van der Waals surface area contributed by atoms with Gasteiger partial charge in [-0.2, -0.15) is 0 Å². The molecule has 5 bridgehead atoms. The first-order valence-corrected chi connectivity index (χ1v) is 19.4. The molecule has 0 fully saturated rings. The van der Waals surface area contributed by atoms with Gasteiger partial charge in [0.2, 0.25) is 5.78 Å². The second-order valence-electron chi connectivity index (χ2n) is 15.2. The number of hydrogen-bond donors (Lipinski definition) is 3. The van der Waals surface area contributed by atoms with Gasteiger partial charge < -0.3 is 39.2 Å². The van der Waals surface area contributed by atoms with Gasteiger partial charge in [0.25, 0.3) is 11.7 Å². The lowest BCUT2D eigenvalue weighted by molar-refractivity contribution is -0.160. The van der Waals surface area contributed by atoms with Gasteiger partial charge >= 0.3 is 17.7 Å². The number of methoxy groups -OCH3 is 1. The van der Waals surface area contributed by atoms with Crippen LogP contribution in [0, 0.1) is 30.6 Å². The van der Waals surface area contributed by atoms with E-state index in [0.29, 0.717) is 0 Å². The number of benzene rings is 2. The van der Waals surface area contributed by atoms with E-state index in [9.17, 15) is 39.0 Å². The van der Waals surface area contributed by atoms with Gasteiger partial charge in [-0.3, -0.25) is 24.0 Å². The molecule has 6 rings (SSSR count). The molecule has 0 saturated carbocycles. The van der Waals surface area contributed by atoms with E-state index in [0.717, 1.165) is 12.3 Å². The predicted molar refractivity (Wildman–Crippen MR) is 214 cm³/mol. The largest absolute Gasteiger partial charge is 0.462 e. The van der Waals surface area contributed by atoms with Gasteiger partial charge in [0.1, 0.15) is 17.6 Å². The molecule has 9 atom stereocenters. The van der Waals surface area contributed by atoms with Crippen LogP contribution in [-0.4, -0.2) is 82.7 Å². The number of fused-ring (bicyclic) bond motifs is 14. The number of hydrogen-bond acceptors (Lipinski definition) is 13. The maximum atomic E-state index is 14.3. The zero-order chi connectivity index (χ0) is 43.7. The molecule has 1 aliphatic carbocycles. The van der Waals surface area contributed by atoms with Gasteiger partial charge in [0.05, 0.1) is 57.5 Å². The first kappa shape index (κ1) is 44.7. The number of aliphatic hydroxyl groups excluding tert-OH is 2. The summed E-state index contributed by atoms with van der Waals surface area (Å²) < 4.78 is 29.3. The van der Waals surface area contributed by atoms with Crippen LogP contribution in [0.15, 0.2) is 72.2 Å². The molecule has 0 unspecified atom stereocenters. The molecule has 2 aromatic carbocycles. The zero-order valence-electron chi connectivity index (χ0n) is 34.2. The van der Waals surface area contributed by atoms with E-state index < -0.39 is 112 Å². The molecule has 3 heterocycles. The lowest BCUT2D eigenvalue weighted by Crippen LogP contribution is -2.46. The number of halogens is 1. The molecule has 0 aromatic heterocycles. The Hall–Kier alpha value is -5.41. The van der Waals surface area contributed by atoms with E-state index in [-0.39, 0.29) is 33.0 Å². The van der Waals surface area contributed by atoms with Crippen molar-refractivity contribution in [2.45, 2.75) is 85.6 Å². The summed E-state index contributed by atoms with van der Waals surface area (Å²) in [5.74, 6) is -10.3. The summed E-state index contributed by atoms with van der Waals surface area (Å²) in [6.45, 7) is 12.2. The Morgan fingerprint density at radius 3 is 2.24 bits per heavy atom. The summed E-state index contributed by atoms with van der Waals surface area (Å²) in [5.41, 5.74) is -1.60. The minimum atomic E-state index is -2.13. The molecule has 1 amide bonds. The van der Waals surface area contributed by atoms with Crippen LogP contribution in [0.4, 0.5) is 0 Å². The molecule has 15 heteroatoms. The highest BCUT2D eigenvalue weighted by Gasteiger charge is 2.52. The Morgan fingerprint density at radius 2 is 1.59 bits per heavy atom. The normalized spacial score (nSPS) is 30.8. The highest BCUT2D eigenvalue weighted by Crippen LogP contribution is 2.48. The lowest BCUT2D eigenvalue weighted by Gasteiger charge is -2.38.